The summed E-state index contributed by atoms with van der Waals surface area (Å²) < 4.78 is 5.06. The van der Waals surface area contributed by atoms with Gasteiger partial charge in [-0.25, -0.2) is 4.79 Å². The van der Waals surface area contributed by atoms with Crippen LogP contribution in [0.3, 0.4) is 0 Å². The fourth-order valence-corrected chi connectivity index (χ4v) is 1.93. The maximum atomic E-state index is 11.1. The summed E-state index contributed by atoms with van der Waals surface area (Å²) in [6.45, 7) is 12.1. The third-order valence-corrected chi connectivity index (χ3v) is 3.31. The monoisotopic (exact) mass is 211 g/mol. The number of carbonyl (C=O) groups excluding carboxylic acids is 1. The summed E-state index contributed by atoms with van der Waals surface area (Å²) in [6, 6.07) is 0. The summed E-state index contributed by atoms with van der Waals surface area (Å²) in [5.41, 5.74) is 0.869. The van der Waals surface area contributed by atoms with Gasteiger partial charge < -0.3 is 4.74 Å². The van der Waals surface area contributed by atoms with Crippen molar-refractivity contribution in [2.24, 2.45) is 0 Å². The van der Waals surface area contributed by atoms with E-state index in [9.17, 15) is 4.79 Å². The van der Waals surface area contributed by atoms with Crippen LogP contribution in [0.25, 0.3) is 0 Å². The van der Waals surface area contributed by atoms with Crippen LogP contribution in [0.1, 0.15) is 33.6 Å². The van der Waals surface area contributed by atoms with Crippen LogP contribution >= 0.6 is 0 Å². The van der Waals surface area contributed by atoms with Crippen molar-refractivity contribution in [3.05, 3.63) is 12.2 Å². The lowest BCUT2D eigenvalue weighted by molar-refractivity contribution is -0.139. The Kier molecular flexibility index (Phi) is 3.91. The standard InChI is InChI=1S/C12H21NO2/c1-5-12(6-2)9-13(12)7-8-15-11(14)10(3)4/h3,5-9H2,1-2,4H3. The predicted octanol–water partition coefficient (Wildman–Crippen LogP) is 1.98. The molecule has 3 heteroatoms. The number of ether oxygens (including phenoxy) is 1. The first-order chi connectivity index (χ1) is 7.05. The van der Waals surface area contributed by atoms with Crippen molar-refractivity contribution in [1.82, 2.24) is 4.90 Å². The summed E-state index contributed by atoms with van der Waals surface area (Å²) in [7, 11) is 0. The molecule has 15 heavy (non-hydrogen) atoms. The van der Waals surface area contributed by atoms with E-state index in [2.05, 4.69) is 25.3 Å². The second-order valence-corrected chi connectivity index (χ2v) is 4.27. The Hall–Kier alpha value is -0.830. The van der Waals surface area contributed by atoms with Crippen LogP contribution in [0.15, 0.2) is 12.2 Å². The first kappa shape index (κ1) is 12.2. The molecule has 0 aliphatic carbocycles. The van der Waals surface area contributed by atoms with Crippen LogP contribution in [0.2, 0.25) is 0 Å². The molecule has 0 N–H and O–H groups in total. The molecule has 0 amide bonds. The molecule has 0 aromatic carbocycles. The molecule has 1 aliphatic heterocycles. The smallest absolute Gasteiger partial charge is 0.333 e. The molecule has 0 radical (unpaired) electrons. The van der Waals surface area contributed by atoms with Gasteiger partial charge in [-0.1, -0.05) is 20.4 Å². The SMILES string of the molecule is C=C(C)C(=O)OCCN1CC1(CC)CC. The Bertz CT molecular complexity index is 256. The Morgan fingerprint density at radius 1 is 1.47 bits per heavy atom. The van der Waals surface area contributed by atoms with Crippen molar-refractivity contribution >= 4 is 5.97 Å². The van der Waals surface area contributed by atoms with Gasteiger partial charge in [0.25, 0.3) is 0 Å². The fraction of sp³-hybridized carbons (Fsp3) is 0.750. The van der Waals surface area contributed by atoms with Crippen LogP contribution in [-0.2, 0) is 9.53 Å². The molecule has 0 aromatic rings. The molecule has 1 heterocycles. The molecule has 1 saturated heterocycles. The summed E-state index contributed by atoms with van der Waals surface area (Å²) in [6.07, 6.45) is 2.36. The first-order valence-corrected chi connectivity index (χ1v) is 5.63. The van der Waals surface area contributed by atoms with Gasteiger partial charge in [-0.05, 0) is 19.8 Å². The van der Waals surface area contributed by atoms with Gasteiger partial charge in [0.2, 0.25) is 0 Å². The average Bonchev–Trinajstić information content (AvgIpc) is 2.92. The fourth-order valence-electron chi connectivity index (χ4n) is 1.93. The minimum Gasteiger partial charge on any atom is -0.461 e. The number of hydrogen-bond donors (Lipinski definition) is 0. The van der Waals surface area contributed by atoms with E-state index in [0.717, 1.165) is 13.1 Å². The molecule has 0 saturated carbocycles. The Morgan fingerprint density at radius 3 is 2.47 bits per heavy atom. The van der Waals surface area contributed by atoms with Crippen molar-refractivity contribution in [3.8, 4) is 0 Å². The predicted molar refractivity (Wildman–Crippen MR) is 60.7 cm³/mol. The van der Waals surface area contributed by atoms with Crippen molar-refractivity contribution < 1.29 is 9.53 Å². The highest BCUT2D eigenvalue weighted by molar-refractivity contribution is 5.86. The molecular formula is C12H21NO2. The van der Waals surface area contributed by atoms with Gasteiger partial charge in [0.1, 0.15) is 6.61 Å². The minimum atomic E-state index is -0.282. The molecule has 1 aliphatic rings. The number of rotatable bonds is 6. The average molecular weight is 211 g/mol. The second kappa shape index (κ2) is 4.79. The minimum absolute atomic E-state index is 0.282. The van der Waals surface area contributed by atoms with Gasteiger partial charge in [0.05, 0.1) is 0 Å². The lowest BCUT2D eigenvalue weighted by atomic mass is 10.0. The summed E-state index contributed by atoms with van der Waals surface area (Å²) in [5, 5.41) is 0. The van der Waals surface area contributed by atoms with Crippen molar-refractivity contribution in [1.29, 1.82) is 0 Å². The molecular weight excluding hydrogens is 190 g/mol. The van der Waals surface area contributed by atoms with Crippen molar-refractivity contribution in [3.63, 3.8) is 0 Å². The number of nitrogens with zero attached hydrogens (tertiary/aromatic N) is 1. The maximum absolute atomic E-state index is 11.1. The lowest BCUT2D eigenvalue weighted by Gasteiger charge is -2.13. The largest absolute Gasteiger partial charge is 0.461 e. The van der Waals surface area contributed by atoms with E-state index in [1.807, 2.05) is 0 Å². The van der Waals surface area contributed by atoms with Crippen molar-refractivity contribution in [2.75, 3.05) is 19.7 Å². The first-order valence-electron chi connectivity index (χ1n) is 5.63. The zero-order chi connectivity index (χ0) is 11.5. The Labute approximate surface area is 92.1 Å². The third kappa shape index (κ3) is 2.81. The molecule has 0 bridgehead atoms. The van der Waals surface area contributed by atoms with Crippen molar-refractivity contribution in [2.45, 2.75) is 39.2 Å². The second-order valence-electron chi connectivity index (χ2n) is 4.27. The summed E-state index contributed by atoms with van der Waals surface area (Å²) in [5.74, 6) is -0.282. The molecule has 1 fully saturated rings. The van der Waals surface area contributed by atoms with E-state index in [0.29, 0.717) is 17.7 Å². The summed E-state index contributed by atoms with van der Waals surface area (Å²) in [4.78, 5) is 13.5. The van der Waals surface area contributed by atoms with Gasteiger partial charge in [0, 0.05) is 24.2 Å². The number of hydrogen-bond acceptors (Lipinski definition) is 3. The van der Waals surface area contributed by atoms with Gasteiger partial charge in [-0.3, -0.25) is 4.90 Å². The van der Waals surface area contributed by atoms with E-state index >= 15 is 0 Å². The summed E-state index contributed by atoms with van der Waals surface area (Å²) >= 11 is 0. The van der Waals surface area contributed by atoms with E-state index in [1.54, 1.807) is 6.92 Å². The number of carbonyl (C=O) groups is 1. The Balaban J connectivity index is 2.18. The highest BCUT2D eigenvalue weighted by Gasteiger charge is 2.47. The molecule has 0 aromatic heterocycles. The highest BCUT2D eigenvalue weighted by atomic mass is 16.5. The van der Waals surface area contributed by atoms with Crippen LogP contribution < -0.4 is 0 Å². The van der Waals surface area contributed by atoms with Gasteiger partial charge in [0.15, 0.2) is 0 Å². The van der Waals surface area contributed by atoms with Gasteiger partial charge in [-0.15, -0.1) is 0 Å². The van der Waals surface area contributed by atoms with E-state index in [4.69, 9.17) is 4.74 Å². The van der Waals surface area contributed by atoms with Gasteiger partial charge >= 0.3 is 5.97 Å². The third-order valence-electron chi connectivity index (χ3n) is 3.31. The van der Waals surface area contributed by atoms with Crippen LogP contribution in [0, 0.1) is 0 Å². The molecule has 0 spiro atoms. The zero-order valence-corrected chi connectivity index (χ0v) is 10.0. The van der Waals surface area contributed by atoms with Crippen LogP contribution in [-0.4, -0.2) is 36.1 Å². The Morgan fingerprint density at radius 2 is 2.07 bits per heavy atom. The lowest BCUT2D eigenvalue weighted by Crippen LogP contribution is -2.21. The molecule has 3 nitrogen and oxygen atoms in total. The quantitative estimate of drug-likeness (QED) is 0.382. The maximum Gasteiger partial charge on any atom is 0.333 e. The van der Waals surface area contributed by atoms with Gasteiger partial charge in [-0.2, -0.15) is 0 Å². The molecule has 1 unspecified atom stereocenters. The topological polar surface area (TPSA) is 29.3 Å². The van der Waals surface area contributed by atoms with Crippen LogP contribution in [0.4, 0.5) is 0 Å². The molecule has 1 rings (SSSR count). The van der Waals surface area contributed by atoms with E-state index in [-0.39, 0.29) is 5.97 Å². The molecule has 1 atom stereocenters. The molecule has 86 valence electrons. The highest BCUT2D eigenvalue weighted by Crippen LogP contribution is 2.37. The van der Waals surface area contributed by atoms with Crippen LogP contribution in [0.5, 0.6) is 0 Å². The zero-order valence-electron chi connectivity index (χ0n) is 10.0. The normalized spacial score (nSPS) is 22.2. The number of esters is 1. The van der Waals surface area contributed by atoms with E-state index in [1.165, 1.54) is 12.8 Å². The van der Waals surface area contributed by atoms with E-state index < -0.39 is 0 Å².